The fourth-order valence-electron chi connectivity index (χ4n) is 0.949. The van der Waals surface area contributed by atoms with Crippen LogP contribution in [0.25, 0.3) is 0 Å². The summed E-state index contributed by atoms with van der Waals surface area (Å²) in [5.41, 5.74) is 1.18. The normalized spacial score (nSPS) is 9.80. The largest absolute Gasteiger partial charge is 0.484 e. The summed E-state index contributed by atoms with van der Waals surface area (Å²) in [5, 5.41) is 0.823. The Balaban J connectivity index is 2.47. The third-order valence-corrected chi connectivity index (χ3v) is 2.59. The zero-order valence-corrected chi connectivity index (χ0v) is 10.5. The molecule has 0 radical (unpaired) electrons. The number of rotatable bonds is 4. The Morgan fingerprint density at radius 3 is 2.40 bits per heavy atom. The first kappa shape index (κ1) is 12.0. The fourth-order valence-corrected chi connectivity index (χ4v) is 1.32. The quantitative estimate of drug-likeness (QED) is 0.785. The summed E-state index contributed by atoms with van der Waals surface area (Å²) in [6.45, 7) is 0.0840. The molecule has 1 aromatic rings. The second-order valence-electron chi connectivity index (χ2n) is 3.35. The Morgan fingerprint density at radius 2 is 1.93 bits per heavy atom. The predicted molar refractivity (Wildman–Crippen MR) is 63.3 cm³/mol. The van der Waals surface area contributed by atoms with Crippen molar-refractivity contribution in [1.82, 2.24) is 4.90 Å². The van der Waals surface area contributed by atoms with Crippen LogP contribution < -0.4 is 4.74 Å². The molecular weight excluding hydrogens is 258 g/mol. The maximum atomic E-state index is 11.2. The number of alkyl halides is 1. The maximum absolute atomic E-state index is 11.2. The van der Waals surface area contributed by atoms with E-state index < -0.39 is 0 Å². The van der Waals surface area contributed by atoms with E-state index in [4.69, 9.17) is 4.74 Å². The van der Waals surface area contributed by atoms with Crippen molar-refractivity contribution in [2.45, 2.75) is 5.33 Å². The van der Waals surface area contributed by atoms with E-state index in [-0.39, 0.29) is 12.5 Å². The second-order valence-corrected chi connectivity index (χ2v) is 3.92. The summed E-state index contributed by atoms with van der Waals surface area (Å²) in [5.74, 6) is 0.675. The van der Waals surface area contributed by atoms with Crippen molar-refractivity contribution in [2.24, 2.45) is 0 Å². The molecule has 0 atom stereocenters. The van der Waals surface area contributed by atoms with Crippen molar-refractivity contribution < 1.29 is 9.53 Å². The molecule has 0 aliphatic rings. The van der Waals surface area contributed by atoms with Crippen LogP contribution in [0.4, 0.5) is 0 Å². The third-order valence-electron chi connectivity index (χ3n) is 1.94. The first-order valence-electron chi connectivity index (χ1n) is 4.61. The molecule has 0 aromatic heterocycles. The van der Waals surface area contributed by atoms with Gasteiger partial charge in [-0.2, -0.15) is 0 Å². The van der Waals surface area contributed by atoms with Crippen molar-refractivity contribution in [3.8, 4) is 5.75 Å². The van der Waals surface area contributed by atoms with E-state index in [0.29, 0.717) is 0 Å². The average Bonchev–Trinajstić information content (AvgIpc) is 2.26. The van der Waals surface area contributed by atoms with Gasteiger partial charge in [0.25, 0.3) is 5.91 Å². The highest BCUT2D eigenvalue weighted by molar-refractivity contribution is 9.08. The molecule has 4 heteroatoms. The number of hydrogen-bond donors (Lipinski definition) is 0. The minimum absolute atomic E-state index is 0.0421. The summed E-state index contributed by atoms with van der Waals surface area (Å²) in [6.07, 6.45) is 0. The average molecular weight is 272 g/mol. The number of carbonyl (C=O) groups is 1. The van der Waals surface area contributed by atoms with Gasteiger partial charge in [0.2, 0.25) is 0 Å². The summed E-state index contributed by atoms with van der Waals surface area (Å²) >= 11 is 3.36. The monoisotopic (exact) mass is 271 g/mol. The van der Waals surface area contributed by atoms with Crippen LogP contribution >= 0.6 is 15.9 Å². The van der Waals surface area contributed by atoms with E-state index in [1.807, 2.05) is 24.3 Å². The lowest BCUT2D eigenvalue weighted by atomic mass is 10.2. The zero-order chi connectivity index (χ0) is 11.3. The lowest BCUT2D eigenvalue weighted by molar-refractivity contribution is -0.130. The number of carbonyl (C=O) groups excluding carboxylic acids is 1. The van der Waals surface area contributed by atoms with E-state index in [2.05, 4.69) is 15.9 Å². The van der Waals surface area contributed by atoms with Crippen molar-refractivity contribution in [3.05, 3.63) is 29.8 Å². The van der Waals surface area contributed by atoms with Crippen molar-refractivity contribution in [3.63, 3.8) is 0 Å². The molecule has 0 N–H and O–H groups in total. The van der Waals surface area contributed by atoms with E-state index in [9.17, 15) is 4.79 Å². The highest BCUT2D eigenvalue weighted by atomic mass is 79.9. The maximum Gasteiger partial charge on any atom is 0.259 e. The van der Waals surface area contributed by atoms with E-state index in [1.54, 1.807) is 14.1 Å². The number of ether oxygens (including phenoxy) is 1. The molecule has 0 bridgehead atoms. The van der Waals surface area contributed by atoms with Gasteiger partial charge < -0.3 is 9.64 Å². The van der Waals surface area contributed by atoms with Gasteiger partial charge in [0, 0.05) is 19.4 Å². The molecule has 1 aromatic carbocycles. The first-order chi connectivity index (χ1) is 7.13. The number of benzene rings is 1. The van der Waals surface area contributed by atoms with Crippen LogP contribution in [0, 0.1) is 0 Å². The Hall–Kier alpha value is -1.03. The Bertz CT molecular complexity index is 322. The molecular formula is C11H14BrNO2. The van der Waals surface area contributed by atoms with Gasteiger partial charge in [0.1, 0.15) is 5.75 Å². The van der Waals surface area contributed by atoms with Gasteiger partial charge in [-0.15, -0.1) is 0 Å². The lowest BCUT2D eigenvalue weighted by Crippen LogP contribution is -2.27. The molecule has 82 valence electrons. The first-order valence-corrected chi connectivity index (χ1v) is 5.73. The Labute approximate surface area is 98.2 Å². The van der Waals surface area contributed by atoms with Gasteiger partial charge in [-0.25, -0.2) is 0 Å². The standard InChI is InChI=1S/C11H14BrNO2/c1-13(2)11(14)8-15-10-5-3-9(7-12)4-6-10/h3-6H,7-8H2,1-2H3. The molecule has 0 fully saturated rings. The zero-order valence-electron chi connectivity index (χ0n) is 8.87. The number of hydrogen-bond acceptors (Lipinski definition) is 2. The lowest BCUT2D eigenvalue weighted by Gasteiger charge is -2.11. The number of nitrogens with zero attached hydrogens (tertiary/aromatic N) is 1. The van der Waals surface area contributed by atoms with Gasteiger partial charge in [-0.1, -0.05) is 28.1 Å². The fraction of sp³-hybridized carbons (Fsp3) is 0.364. The van der Waals surface area contributed by atoms with E-state index in [0.717, 1.165) is 11.1 Å². The predicted octanol–water partition coefficient (Wildman–Crippen LogP) is 2.05. The molecule has 0 aliphatic carbocycles. The smallest absolute Gasteiger partial charge is 0.259 e. The third kappa shape index (κ3) is 3.91. The highest BCUT2D eigenvalue weighted by Crippen LogP contribution is 2.13. The molecule has 1 rings (SSSR count). The summed E-state index contributed by atoms with van der Waals surface area (Å²) in [4.78, 5) is 12.7. The number of likely N-dealkylation sites (N-methyl/N-ethyl adjacent to an activating group) is 1. The molecule has 0 heterocycles. The van der Waals surface area contributed by atoms with Crippen LogP contribution in [0.15, 0.2) is 24.3 Å². The van der Waals surface area contributed by atoms with Crippen LogP contribution in [0.2, 0.25) is 0 Å². The number of halogens is 1. The molecule has 0 aliphatic heterocycles. The Morgan fingerprint density at radius 1 is 1.33 bits per heavy atom. The van der Waals surface area contributed by atoms with Crippen molar-refractivity contribution in [2.75, 3.05) is 20.7 Å². The molecule has 1 amide bonds. The van der Waals surface area contributed by atoms with Crippen molar-refractivity contribution >= 4 is 21.8 Å². The molecule has 0 saturated carbocycles. The molecule has 3 nitrogen and oxygen atoms in total. The van der Waals surface area contributed by atoms with Gasteiger partial charge in [0.05, 0.1) is 0 Å². The van der Waals surface area contributed by atoms with Gasteiger partial charge in [-0.3, -0.25) is 4.79 Å². The molecule has 0 unspecified atom stereocenters. The van der Waals surface area contributed by atoms with Crippen LogP contribution in [0.1, 0.15) is 5.56 Å². The van der Waals surface area contributed by atoms with E-state index in [1.165, 1.54) is 10.5 Å². The molecule has 0 saturated heterocycles. The minimum Gasteiger partial charge on any atom is -0.484 e. The SMILES string of the molecule is CN(C)C(=O)COc1ccc(CBr)cc1. The van der Waals surface area contributed by atoms with Crippen LogP contribution in [-0.4, -0.2) is 31.5 Å². The number of amides is 1. The highest BCUT2D eigenvalue weighted by Gasteiger charge is 2.04. The van der Waals surface area contributed by atoms with Gasteiger partial charge in [0.15, 0.2) is 6.61 Å². The van der Waals surface area contributed by atoms with E-state index >= 15 is 0 Å². The summed E-state index contributed by atoms with van der Waals surface area (Å²) in [6, 6.07) is 7.65. The van der Waals surface area contributed by atoms with Gasteiger partial charge in [-0.05, 0) is 17.7 Å². The second kappa shape index (κ2) is 5.75. The van der Waals surface area contributed by atoms with Crippen LogP contribution in [0.3, 0.4) is 0 Å². The molecule has 15 heavy (non-hydrogen) atoms. The van der Waals surface area contributed by atoms with Crippen LogP contribution in [0.5, 0.6) is 5.75 Å². The summed E-state index contributed by atoms with van der Waals surface area (Å²) in [7, 11) is 3.42. The molecule has 0 spiro atoms. The summed E-state index contributed by atoms with van der Waals surface area (Å²) < 4.78 is 5.32. The van der Waals surface area contributed by atoms with Crippen LogP contribution in [-0.2, 0) is 10.1 Å². The van der Waals surface area contributed by atoms with Crippen molar-refractivity contribution in [1.29, 1.82) is 0 Å². The Kier molecular flexibility index (Phi) is 4.62. The minimum atomic E-state index is -0.0421. The van der Waals surface area contributed by atoms with Gasteiger partial charge >= 0.3 is 0 Å². The topological polar surface area (TPSA) is 29.5 Å².